The number of fused-ring (bicyclic) bond motifs is 2. The molecule has 1 N–H and O–H groups in total. The molecule has 2 aromatic carbocycles. The van der Waals surface area contributed by atoms with Crippen molar-refractivity contribution < 1.29 is 0 Å². The van der Waals surface area contributed by atoms with Gasteiger partial charge in [-0.15, -0.1) is 0 Å². The second-order valence-electron chi connectivity index (χ2n) is 4.16. The lowest BCUT2D eigenvalue weighted by molar-refractivity contribution is 0.978. The molecule has 1 nitrogen and oxygen atoms in total. The molecule has 1 heterocycles. The van der Waals surface area contributed by atoms with Gasteiger partial charge in [-0.1, -0.05) is 35.3 Å². The monoisotopic (exact) mass is 263 g/mol. The Kier molecular flexibility index (Phi) is 2.73. The molecule has 2 aromatic rings. The van der Waals surface area contributed by atoms with Gasteiger partial charge < -0.3 is 5.32 Å². The lowest BCUT2D eigenvalue weighted by atomic mass is 10.0. The van der Waals surface area contributed by atoms with Crippen LogP contribution in [0.15, 0.2) is 36.4 Å². The summed E-state index contributed by atoms with van der Waals surface area (Å²) in [6.07, 6.45) is 1.83. The van der Waals surface area contributed by atoms with Gasteiger partial charge in [0.2, 0.25) is 0 Å². The van der Waals surface area contributed by atoms with E-state index < -0.39 is 0 Å². The SMILES string of the molecule is Clc1cccc2c1CCc1c(Cl)cccc1N2. The fourth-order valence-electron chi connectivity index (χ4n) is 2.25. The molecule has 3 heteroatoms. The van der Waals surface area contributed by atoms with Crippen LogP contribution in [0.25, 0.3) is 0 Å². The molecule has 0 unspecified atom stereocenters. The van der Waals surface area contributed by atoms with Gasteiger partial charge in [-0.2, -0.15) is 0 Å². The van der Waals surface area contributed by atoms with Crippen LogP contribution in [0.4, 0.5) is 11.4 Å². The predicted molar refractivity (Wildman–Crippen MR) is 73.6 cm³/mol. The first-order valence-corrected chi connectivity index (χ1v) is 6.33. The lowest BCUT2D eigenvalue weighted by Gasteiger charge is -2.10. The van der Waals surface area contributed by atoms with Crippen molar-refractivity contribution in [3.8, 4) is 0 Å². The molecule has 1 aliphatic heterocycles. The van der Waals surface area contributed by atoms with Gasteiger partial charge in [0.25, 0.3) is 0 Å². The van der Waals surface area contributed by atoms with E-state index in [1.807, 2.05) is 24.3 Å². The maximum atomic E-state index is 6.22. The number of nitrogens with one attached hydrogen (secondary N) is 1. The van der Waals surface area contributed by atoms with Gasteiger partial charge in [0.1, 0.15) is 0 Å². The minimum absolute atomic E-state index is 0.818. The van der Waals surface area contributed by atoms with Crippen LogP contribution >= 0.6 is 23.2 Å². The third-order valence-corrected chi connectivity index (χ3v) is 3.84. The van der Waals surface area contributed by atoms with E-state index in [9.17, 15) is 0 Å². The highest BCUT2D eigenvalue weighted by Gasteiger charge is 2.16. The first-order valence-electron chi connectivity index (χ1n) is 5.57. The van der Waals surface area contributed by atoms with E-state index in [0.29, 0.717) is 0 Å². The first kappa shape index (κ1) is 10.9. The van der Waals surface area contributed by atoms with Crippen LogP contribution in [-0.2, 0) is 12.8 Å². The molecular weight excluding hydrogens is 253 g/mol. The smallest absolute Gasteiger partial charge is 0.0458 e. The maximum absolute atomic E-state index is 6.22. The Labute approximate surface area is 110 Å². The fraction of sp³-hybridized carbons (Fsp3) is 0.143. The van der Waals surface area contributed by atoms with E-state index in [1.54, 1.807) is 0 Å². The van der Waals surface area contributed by atoms with E-state index in [2.05, 4.69) is 17.4 Å². The molecule has 17 heavy (non-hydrogen) atoms. The Morgan fingerprint density at radius 2 is 1.24 bits per heavy atom. The molecule has 0 saturated carbocycles. The van der Waals surface area contributed by atoms with Crippen molar-refractivity contribution >= 4 is 34.6 Å². The molecule has 0 atom stereocenters. The quantitative estimate of drug-likeness (QED) is 0.718. The number of hydrogen-bond donors (Lipinski definition) is 1. The highest BCUT2D eigenvalue weighted by Crippen LogP contribution is 2.36. The third kappa shape index (κ3) is 1.90. The average molecular weight is 264 g/mol. The summed E-state index contributed by atoms with van der Waals surface area (Å²) in [4.78, 5) is 0. The fourth-order valence-corrected chi connectivity index (χ4v) is 2.79. The van der Waals surface area contributed by atoms with Gasteiger partial charge in [0.05, 0.1) is 0 Å². The van der Waals surface area contributed by atoms with E-state index in [4.69, 9.17) is 23.2 Å². The van der Waals surface area contributed by atoms with E-state index in [-0.39, 0.29) is 0 Å². The van der Waals surface area contributed by atoms with E-state index >= 15 is 0 Å². The molecule has 1 aliphatic rings. The predicted octanol–water partition coefficient (Wildman–Crippen LogP) is 4.84. The summed E-state index contributed by atoms with van der Waals surface area (Å²) >= 11 is 12.4. The summed E-state index contributed by atoms with van der Waals surface area (Å²) in [6.45, 7) is 0. The average Bonchev–Trinajstić information content (AvgIpc) is 2.50. The minimum atomic E-state index is 0.818. The zero-order valence-corrected chi connectivity index (χ0v) is 10.6. The Hall–Kier alpha value is -1.18. The summed E-state index contributed by atoms with van der Waals surface area (Å²) in [5, 5.41) is 5.05. The van der Waals surface area contributed by atoms with Crippen LogP contribution < -0.4 is 5.32 Å². The Morgan fingerprint density at radius 3 is 1.71 bits per heavy atom. The molecule has 86 valence electrons. The molecule has 0 aromatic heterocycles. The molecule has 0 fully saturated rings. The van der Waals surface area contributed by atoms with Crippen LogP contribution in [0.5, 0.6) is 0 Å². The Balaban J connectivity index is 2.14. The van der Waals surface area contributed by atoms with Crippen LogP contribution in [0.2, 0.25) is 10.0 Å². The van der Waals surface area contributed by atoms with Gasteiger partial charge in [-0.25, -0.2) is 0 Å². The van der Waals surface area contributed by atoms with Crippen LogP contribution in [0, 0.1) is 0 Å². The van der Waals surface area contributed by atoms with E-state index in [0.717, 1.165) is 34.3 Å². The van der Waals surface area contributed by atoms with Crippen LogP contribution in [0.3, 0.4) is 0 Å². The number of rotatable bonds is 0. The number of benzene rings is 2. The number of halogens is 2. The van der Waals surface area contributed by atoms with Crippen LogP contribution in [-0.4, -0.2) is 0 Å². The van der Waals surface area contributed by atoms with Crippen molar-refractivity contribution in [1.29, 1.82) is 0 Å². The van der Waals surface area contributed by atoms with Gasteiger partial charge in [-0.3, -0.25) is 0 Å². The van der Waals surface area contributed by atoms with Crippen molar-refractivity contribution in [3.05, 3.63) is 57.6 Å². The van der Waals surface area contributed by atoms with Crippen molar-refractivity contribution in [2.45, 2.75) is 12.8 Å². The second kappa shape index (κ2) is 4.25. The van der Waals surface area contributed by atoms with Crippen molar-refractivity contribution in [2.24, 2.45) is 0 Å². The summed E-state index contributed by atoms with van der Waals surface area (Å²) in [5.74, 6) is 0. The molecule has 0 aliphatic carbocycles. The van der Waals surface area contributed by atoms with E-state index in [1.165, 1.54) is 11.1 Å². The number of hydrogen-bond acceptors (Lipinski definition) is 1. The summed E-state index contributed by atoms with van der Waals surface area (Å²) in [5.41, 5.74) is 4.50. The standard InChI is InChI=1S/C14H11Cl2N/c15-11-3-1-5-13-9(11)7-8-10-12(16)4-2-6-14(10)17-13/h1-6,17H,7-8H2. The number of anilines is 2. The zero-order chi connectivity index (χ0) is 11.8. The second-order valence-corrected chi connectivity index (χ2v) is 4.97. The lowest BCUT2D eigenvalue weighted by Crippen LogP contribution is -1.93. The largest absolute Gasteiger partial charge is 0.355 e. The van der Waals surface area contributed by atoms with Gasteiger partial charge in [0.15, 0.2) is 0 Å². The van der Waals surface area contributed by atoms with Gasteiger partial charge >= 0.3 is 0 Å². The molecule has 0 spiro atoms. The Morgan fingerprint density at radius 1 is 0.765 bits per heavy atom. The Bertz CT molecular complexity index is 527. The normalized spacial score (nSPS) is 13.3. The molecule has 0 radical (unpaired) electrons. The van der Waals surface area contributed by atoms with Crippen molar-refractivity contribution in [2.75, 3.05) is 5.32 Å². The third-order valence-electron chi connectivity index (χ3n) is 3.13. The molecule has 0 saturated heterocycles. The first-order chi connectivity index (χ1) is 8.25. The van der Waals surface area contributed by atoms with Crippen molar-refractivity contribution in [3.63, 3.8) is 0 Å². The highest BCUT2D eigenvalue weighted by atomic mass is 35.5. The summed E-state index contributed by atoms with van der Waals surface area (Å²) in [7, 11) is 0. The molecule has 3 rings (SSSR count). The van der Waals surface area contributed by atoms with Gasteiger partial charge in [-0.05, 0) is 48.2 Å². The zero-order valence-electron chi connectivity index (χ0n) is 9.13. The van der Waals surface area contributed by atoms with Crippen molar-refractivity contribution in [1.82, 2.24) is 0 Å². The molecule has 0 amide bonds. The topological polar surface area (TPSA) is 12.0 Å². The highest BCUT2D eigenvalue weighted by molar-refractivity contribution is 6.32. The summed E-state index contributed by atoms with van der Waals surface area (Å²) < 4.78 is 0. The molecule has 0 bridgehead atoms. The summed E-state index contributed by atoms with van der Waals surface area (Å²) in [6, 6.07) is 11.9. The molecular formula is C14H11Cl2N. The van der Waals surface area contributed by atoms with Gasteiger partial charge in [0, 0.05) is 21.4 Å². The van der Waals surface area contributed by atoms with Crippen LogP contribution in [0.1, 0.15) is 11.1 Å². The maximum Gasteiger partial charge on any atom is 0.0458 e. The minimum Gasteiger partial charge on any atom is -0.355 e.